The molecule has 162 valence electrons. The SMILES string of the molecule is CCOCCCNC(=O)c1ccccc1NC(=O)c1c(-c2ccccc2Cl)noc1C. The van der Waals surface area contributed by atoms with Crippen LogP contribution in [0.5, 0.6) is 0 Å². The molecule has 0 saturated heterocycles. The number of nitrogens with zero attached hydrogens (tertiary/aromatic N) is 1. The number of nitrogens with one attached hydrogen (secondary N) is 2. The van der Waals surface area contributed by atoms with E-state index < -0.39 is 5.91 Å². The molecular formula is C23H24ClN3O4. The second-order valence-corrected chi connectivity index (χ2v) is 7.16. The minimum atomic E-state index is -0.440. The molecule has 2 N–H and O–H groups in total. The van der Waals surface area contributed by atoms with E-state index in [2.05, 4.69) is 15.8 Å². The first kappa shape index (κ1) is 22.5. The highest BCUT2D eigenvalue weighted by molar-refractivity contribution is 6.33. The van der Waals surface area contributed by atoms with Crippen molar-refractivity contribution in [3.63, 3.8) is 0 Å². The van der Waals surface area contributed by atoms with E-state index in [9.17, 15) is 9.59 Å². The lowest BCUT2D eigenvalue weighted by molar-refractivity contribution is 0.0945. The fourth-order valence-corrected chi connectivity index (χ4v) is 3.29. The van der Waals surface area contributed by atoms with Crippen LogP contribution in [0.2, 0.25) is 5.02 Å². The van der Waals surface area contributed by atoms with Crippen molar-refractivity contribution < 1.29 is 18.8 Å². The van der Waals surface area contributed by atoms with E-state index in [4.69, 9.17) is 20.9 Å². The van der Waals surface area contributed by atoms with Crippen molar-refractivity contribution in [3.05, 3.63) is 70.4 Å². The Bertz CT molecular complexity index is 1060. The molecule has 8 heteroatoms. The van der Waals surface area contributed by atoms with Gasteiger partial charge in [0.25, 0.3) is 11.8 Å². The quantitative estimate of drug-likeness (QED) is 0.469. The highest BCUT2D eigenvalue weighted by Crippen LogP contribution is 2.31. The van der Waals surface area contributed by atoms with Crippen molar-refractivity contribution in [2.75, 3.05) is 25.1 Å². The Balaban J connectivity index is 1.79. The summed E-state index contributed by atoms with van der Waals surface area (Å²) in [5.41, 5.74) is 1.95. The summed E-state index contributed by atoms with van der Waals surface area (Å²) in [6, 6.07) is 13.9. The first-order chi connectivity index (χ1) is 15.0. The van der Waals surface area contributed by atoms with Gasteiger partial charge in [-0.3, -0.25) is 9.59 Å². The van der Waals surface area contributed by atoms with Gasteiger partial charge in [0, 0.05) is 25.3 Å². The van der Waals surface area contributed by atoms with Gasteiger partial charge in [-0.2, -0.15) is 0 Å². The zero-order valence-electron chi connectivity index (χ0n) is 17.4. The number of hydrogen-bond donors (Lipinski definition) is 2. The molecule has 3 aromatic rings. The summed E-state index contributed by atoms with van der Waals surface area (Å²) in [6.45, 7) is 5.27. The Morgan fingerprint density at radius 3 is 2.61 bits per heavy atom. The fraction of sp³-hybridized carbons (Fsp3) is 0.261. The standard InChI is InChI=1S/C23H24ClN3O4/c1-3-30-14-8-13-25-22(28)17-10-5-7-12-19(17)26-23(29)20-15(2)31-27-21(20)16-9-4-6-11-18(16)24/h4-7,9-12H,3,8,13-14H2,1-2H3,(H,25,28)(H,26,29). The minimum Gasteiger partial charge on any atom is -0.382 e. The fourth-order valence-electron chi connectivity index (χ4n) is 3.07. The second-order valence-electron chi connectivity index (χ2n) is 6.75. The van der Waals surface area contributed by atoms with Crippen molar-refractivity contribution >= 4 is 29.1 Å². The number of para-hydroxylation sites is 1. The van der Waals surface area contributed by atoms with Gasteiger partial charge in [0.1, 0.15) is 17.0 Å². The summed E-state index contributed by atoms with van der Waals surface area (Å²) < 4.78 is 10.5. The second kappa shape index (κ2) is 10.7. The Morgan fingerprint density at radius 1 is 1.10 bits per heavy atom. The number of aromatic nitrogens is 1. The minimum absolute atomic E-state index is 0.264. The van der Waals surface area contributed by atoms with Crippen molar-refractivity contribution in [1.29, 1.82) is 0 Å². The third-order valence-corrected chi connectivity index (χ3v) is 4.92. The van der Waals surface area contributed by atoms with E-state index in [1.165, 1.54) is 0 Å². The van der Waals surface area contributed by atoms with Crippen LogP contribution < -0.4 is 10.6 Å². The molecule has 1 heterocycles. The van der Waals surface area contributed by atoms with Crippen LogP contribution >= 0.6 is 11.6 Å². The monoisotopic (exact) mass is 441 g/mol. The number of aryl methyl sites for hydroxylation is 1. The molecule has 2 amide bonds. The van der Waals surface area contributed by atoms with E-state index in [0.717, 1.165) is 0 Å². The first-order valence-electron chi connectivity index (χ1n) is 10.0. The molecule has 2 aromatic carbocycles. The molecular weight excluding hydrogens is 418 g/mol. The number of carbonyl (C=O) groups excluding carboxylic acids is 2. The number of ether oxygens (including phenoxy) is 1. The molecule has 3 rings (SSSR count). The molecule has 7 nitrogen and oxygen atoms in total. The van der Waals surface area contributed by atoms with Crippen LogP contribution in [-0.4, -0.2) is 36.7 Å². The van der Waals surface area contributed by atoms with Crippen LogP contribution in [0, 0.1) is 6.92 Å². The molecule has 0 radical (unpaired) electrons. The molecule has 0 aliphatic carbocycles. The number of anilines is 1. The average molecular weight is 442 g/mol. The van der Waals surface area contributed by atoms with Gasteiger partial charge >= 0.3 is 0 Å². The number of benzene rings is 2. The third-order valence-electron chi connectivity index (χ3n) is 4.59. The van der Waals surface area contributed by atoms with Crippen LogP contribution in [0.1, 0.15) is 39.8 Å². The van der Waals surface area contributed by atoms with Crippen molar-refractivity contribution in [1.82, 2.24) is 10.5 Å². The molecule has 0 unspecified atom stereocenters. The molecule has 0 aliphatic heterocycles. The maximum absolute atomic E-state index is 13.1. The highest BCUT2D eigenvalue weighted by Gasteiger charge is 2.24. The molecule has 0 spiro atoms. The van der Waals surface area contributed by atoms with Crippen molar-refractivity contribution in [2.24, 2.45) is 0 Å². The van der Waals surface area contributed by atoms with Gasteiger partial charge in [-0.15, -0.1) is 0 Å². The number of halogens is 1. The predicted octanol–water partition coefficient (Wildman–Crippen LogP) is 4.71. The van der Waals surface area contributed by atoms with E-state index >= 15 is 0 Å². The lowest BCUT2D eigenvalue weighted by Gasteiger charge is -2.12. The van der Waals surface area contributed by atoms with Gasteiger partial charge < -0.3 is 19.9 Å². The normalized spacial score (nSPS) is 10.7. The van der Waals surface area contributed by atoms with Gasteiger partial charge in [0.05, 0.1) is 16.3 Å². The topological polar surface area (TPSA) is 93.5 Å². The summed E-state index contributed by atoms with van der Waals surface area (Å²) in [6.07, 6.45) is 0.704. The third kappa shape index (κ3) is 5.51. The molecule has 0 saturated carbocycles. The number of hydrogen-bond acceptors (Lipinski definition) is 5. The van der Waals surface area contributed by atoms with Crippen molar-refractivity contribution in [2.45, 2.75) is 20.3 Å². The van der Waals surface area contributed by atoms with Gasteiger partial charge in [-0.25, -0.2) is 0 Å². The Labute approximate surface area is 185 Å². The molecule has 0 aliphatic rings. The van der Waals surface area contributed by atoms with Gasteiger partial charge in [0.15, 0.2) is 0 Å². The molecule has 31 heavy (non-hydrogen) atoms. The van der Waals surface area contributed by atoms with Gasteiger partial charge in [-0.1, -0.05) is 47.1 Å². The lowest BCUT2D eigenvalue weighted by Crippen LogP contribution is -2.27. The van der Waals surface area contributed by atoms with Crippen LogP contribution in [0.4, 0.5) is 5.69 Å². The summed E-state index contributed by atoms with van der Waals surface area (Å²) in [5.74, 6) is -0.365. The van der Waals surface area contributed by atoms with Crippen LogP contribution in [-0.2, 0) is 4.74 Å². The largest absolute Gasteiger partial charge is 0.382 e. The average Bonchev–Trinajstić information content (AvgIpc) is 3.15. The van der Waals surface area contributed by atoms with E-state index in [0.29, 0.717) is 59.5 Å². The zero-order chi connectivity index (χ0) is 22.2. The molecule has 0 atom stereocenters. The Morgan fingerprint density at radius 2 is 1.84 bits per heavy atom. The molecule has 0 bridgehead atoms. The summed E-state index contributed by atoms with van der Waals surface area (Å²) in [7, 11) is 0. The number of amides is 2. The highest BCUT2D eigenvalue weighted by atomic mass is 35.5. The maximum atomic E-state index is 13.1. The molecule has 0 fully saturated rings. The van der Waals surface area contributed by atoms with Crippen LogP contribution in [0.3, 0.4) is 0 Å². The zero-order valence-corrected chi connectivity index (χ0v) is 18.2. The lowest BCUT2D eigenvalue weighted by atomic mass is 10.0. The summed E-state index contributed by atoms with van der Waals surface area (Å²) in [5, 5.41) is 10.1. The van der Waals surface area contributed by atoms with Gasteiger partial charge in [0.2, 0.25) is 0 Å². The number of rotatable bonds is 9. The van der Waals surface area contributed by atoms with Crippen molar-refractivity contribution in [3.8, 4) is 11.3 Å². The molecule has 1 aromatic heterocycles. The van der Waals surface area contributed by atoms with E-state index in [1.807, 2.05) is 6.92 Å². The predicted molar refractivity (Wildman–Crippen MR) is 120 cm³/mol. The van der Waals surface area contributed by atoms with Gasteiger partial charge in [-0.05, 0) is 38.5 Å². The maximum Gasteiger partial charge on any atom is 0.261 e. The number of carbonyl (C=O) groups is 2. The van der Waals surface area contributed by atoms with Crippen LogP contribution in [0.25, 0.3) is 11.3 Å². The van der Waals surface area contributed by atoms with E-state index in [1.54, 1.807) is 55.5 Å². The Kier molecular flexibility index (Phi) is 7.81. The Hall–Kier alpha value is -3.16. The van der Waals surface area contributed by atoms with Crippen LogP contribution in [0.15, 0.2) is 53.1 Å². The summed E-state index contributed by atoms with van der Waals surface area (Å²) in [4.78, 5) is 25.7. The summed E-state index contributed by atoms with van der Waals surface area (Å²) >= 11 is 6.28. The first-order valence-corrected chi connectivity index (χ1v) is 10.4. The smallest absolute Gasteiger partial charge is 0.261 e. The van der Waals surface area contributed by atoms with E-state index in [-0.39, 0.29) is 11.5 Å².